The second-order valence-corrected chi connectivity index (χ2v) is 5.72. The summed E-state index contributed by atoms with van der Waals surface area (Å²) in [5.41, 5.74) is 1.56. The number of benzene rings is 1. The molecular formula is C15H18ClNO3. The van der Waals surface area contributed by atoms with Gasteiger partial charge in [-0.25, -0.2) is 0 Å². The van der Waals surface area contributed by atoms with E-state index in [-0.39, 0.29) is 5.91 Å². The van der Waals surface area contributed by atoms with E-state index in [4.69, 9.17) is 11.6 Å². The van der Waals surface area contributed by atoms with Gasteiger partial charge in [-0.15, -0.1) is 0 Å². The highest BCUT2D eigenvalue weighted by Crippen LogP contribution is 2.31. The van der Waals surface area contributed by atoms with Crippen LogP contribution in [0.25, 0.3) is 0 Å². The average Bonchev–Trinajstić information content (AvgIpc) is 2.41. The second-order valence-electron chi connectivity index (χ2n) is 5.28. The van der Waals surface area contributed by atoms with Crippen molar-refractivity contribution in [3.05, 3.63) is 28.8 Å². The zero-order valence-corrected chi connectivity index (χ0v) is 12.1. The lowest BCUT2D eigenvalue weighted by Crippen LogP contribution is -2.36. The molecule has 2 rings (SSSR count). The molecule has 0 aromatic heterocycles. The van der Waals surface area contributed by atoms with E-state index in [0.29, 0.717) is 23.6 Å². The van der Waals surface area contributed by atoms with E-state index < -0.39 is 17.8 Å². The van der Waals surface area contributed by atoms with Gasteiger partial charge in [-0.3, -0.25) is 9.59 Å². The predicted octanol–water partition coefficient (Wildman–Crippen LogP) is 3.48. The highest BCUT2D eigenvalue weighted by Gasteiger charge is 2.35. The van der Waals surface area contributed by atoms with E-state index in [9.17, 15) is 14.7 Å². The van der Waals surface area contributed by atoms with Crippen molar-refractivity contribution in [3.8, 4) is 0 Å². The Morgan fingerprint density at radius 3 is 2.50 bits per heavy atom. The highest BCUT2D eigenvalue weighted by molar-refractivity contribution is 6.30. The van der Waals surface area contributed by atoms with Crippen LogP contribution >= 0.6 is 11.6 Å². The molecule has 1 aliphatic carbocycles. The number of aliphatic carboxylic acids is 1. The van der Waals surface area contributed by atoms with Crippen LogP contribution in [0.2, 0.25) is 5.02 Å². The van der Waals surface area contributed by atoms with E-state index in [1.807, 2.05) is 6.92 Å². The fourth-order valence-corrected chi connectivity index (χ4v) is 2.96. The monoisotopic (exact) mass is 295 g/mol. The van der Waals surface area contributed by atoms with Gasteiger partial charge in [0.25, 0.3) is 0 Å². The zero-order chi connectivity index (χ0) is 14.7. The van der Waals surface area contributed by atoms with Crippen molar-refractivity contribution >= 4 is 29.2 Å². The molecule has 1 saturated carbocycles. The Kier molecular flexibility index (Phi) is 4.65. The molecule has 1 aromatic carbocycles. The Morgan fingerprint density at radius 1 is 1.25 bits per heavy atom. The SMILES string of the molecule is Cc1cc(Cl)ccc1NC(=O)[C@@H]1CCCC[C@@H]1C(=O)O. The Balaban J connectivity index is 2.12. The summed E-state index contributed by atoms with van der Waals surface area (Å²) in [5.74, 6) is -2.10. The highest BCUT2D eigenvalue weighted by atomic mass is 35.5. The lowest BCUT2D eigenvalue weighted by atomic mass is 9.78. The number of carboxylic acid groups (broad SMARTS) is 1. The fourth-order valence-electron chi connectivity index (χ4n) is 2.73. The van der Waals surface area contributed by atoms with Crippen LogP contribution in [0, 0.1) is 18.8 Å². The Morgan fingerprint density at radius 2 is 1.90 bits per heavy atom. The van der Waals surface area contributed by atoms with Gasteiger partial charge in [0, 0.05) is 10.7 Å². The molecule has 0 unspecified atom stereocenters. The molecule has 20 heavy (non-hydrogen) atoms. The molecule has 0 radical (unpaired) electrons. The van der Waals surface area contributed by atoms with Crippen molar-refractivity contribution in [1.29, 1.82) is 0 Å². The number of carbonyl (C=O) groups is 2. The molecule has 0 spiro atoms. The van der Waals surface area contributed by atoms with Crippen molar-refractivity contribution in [3.63, 3.8) is 0 Å². The lowest BCUT2D eigenvalue weighted by molar-refractivity contribution is -0.147. The summed E-state index contributed by atoms with van der Waals surface area (Å²) in [7, 11) is 0. The van der Waals surface area contributed by atoms with Crippen molar-refractivity contribution in [2.45, 2.75) is 32.6 Å². The smallest absolute Gasteiger partial charge is 0.307 e. The van der Waals surface area contributed by atoms with Gasteiger partial charge >= 0.3 is 5.97 Å². The maximum atomic E-state index is 12.3. The molecule has 1 amide bonds. The summed E-state index contributed by atoms with van der Waals surface area (Å²) in [6, 6.07) is 5.22. The summed E-state index contributed by atoms with van der Waals surface area (Å²) < 4.78 is 0. The number of hydrogen-bond acceptors (Lipinski definition) is 2. The first-order valence-electron chi connectivity index (χ1n) is 6.79. The number of anilines is 1. The Hall–Kier alpha value is -1.55. The van der Waals surface area contributed by atoms with Gasteiger partial charge in [0.1, 0.15) is 0 Å². The van der Waals surface area contributed by atoms with E-state index >= 15 is 0 Å². The largest absolute Gasteiger partial charge is 0.481 e. The first-order valence-corrected chi connectivity index (χ1v) is 7.16. The van der Waals surface area contributed by atoms with Gasteiger partial charge in [0.15, 0.2) is 0 Å². The summed E-state index contributed by atoms with van der Waals surface area (Å²) >= 11 is 5.88. The van der Waals surface area contributed by atoms with Crippen LogP contribution in [0.5, 0.6) is 0 Å². The standard InChI is InChI=1S/C15H18ClNO3/c1-9-8-10(16)6-7-13(9)17-14(18)11-4-2-3-5-12(11)15(19)20/h6-8,11-12H,2-5H2,1H3,(H,17,18)(H,19,20)/t11-,12+/m1/s1. The van der Waals surface area contributed by atoms with Gasteiger partial charge in [-0.1, -0.05) is 24.4 Å². The number of aryl methyl sites for hydroxylation is 1. The third-order valence-electron chi connectivity index (χ3n) is 3.87. The van der Waals surface area contributed by atoms with E-state index in [2.05, 4.69) is 5.32 Å². The van der Waals surface area contributed by atoms with E-state index in [1.54, 1.807) is 18.2 Å². The third kappa shape index (κ3) is 3.31. The topological polar surface area (TPSA) is 66.4 Å². The first-order chi connectivity index (χ1) is 9.49. The zero-order valence-electron chi connectivity index (χ0n) is 11.4. The Labute approximate surface area is 123 Å². The van der Waals surface area contributed by atoms with Crippen molar-refractivity contribution in [2.75, 3.05) is 5.32 Å². The quantitative estimate of drug-likeness (QED) is 0.897. The number of amides is 1. The van der Waals surface area contributed by atoms with Crippen molar-refractivity contribution in [2.24, 2.45) is 11.8 Å². The van der Waals surface area contributed by atoms with Gasteiger partial charge in [0.05, 0.1) is 11.8 Å². The number of hydrogen-bond donors (Lipinski definition) is 2. The molecule has 2 N–H and O–H groups in total. The molecule has 108 valence electrons. The summed E-state index contributed by atoms with van der Waals surface area (Å²) in [6.45, 7) is 1.86. The number of carbonyl (C=O) groups excluding carboxylic acids is 1. The molecular weight excluding hydrogens is 278 g/mol. The van der Waals surface area contributed by atoms with Crippen LogP contribution < -0.4 is 5.32 Å². The third-order valence-corrected chi connectivity index (χ3v) is 4.10. The van der Waals surface area contributed by atoms with Crippen LogP contribution in [-0.4, -0.2) is 17.0 Å². The van der Waals surface area contributed by atoms with Crippen molar-refractivity contribution in [1.82, 2.24) is 0 Å². The first kappa shape index (κ1) is 14.9. The second kappa shape index (κ2) is 6.27. The summed E-state index contributed by atoms with van der Waals surface area (Å²) in [4.78, 5) is 23.5. The number of rotatable bonds is 3. The normalized spacial score (nSPS) is 22.3. The number of carboxylic acids is 1. The molecule has 4 nitrogen and oxygen atoms in total. The van der Waals surface area contributed by atoms with Gasteiger partial charge in [0.2, 0.25) is 5.91 Å². The van der Waals surface area contributed by atoms with E-state index in [0.717, 1.165) is 18.4 Å². The molecule has 1 aromatic rings. The maximum Gasteiger partial charge on any atom is 0.307 e. The molecule has 0 saturated heterocycles. The minimum absolute atomic E-state index is 0.206. The minimum atomic E-state index is -0.877. The van der Waals surface area contributed by atoms with Crippen LogP contribution in [-0.2, 0) is 9.59 Å². The Bertz CT molecular complexity index is 530. The number of halogens is 1. The molecule has 1 aliphatic rings. The van der Waals surface area contributed by atoms with E-state index in [1.165, 1.54) is 0 Å². The molecule has 0 aliphatic heterocycles. The molecule has 5 heteroatoms. The number of nitrogens with one attached hydrogen (secondary N) is 1. The van der Waals surface area contributed by atoms with Gasteiger partial charge < -0.3 is 10.4 Å². The maximum absolute atomic E-state index is 12.3. The summed E-state index contributed by atoms with van der Waals surface area (Å²) in [5, 5.41) is 12.7. The van der Waals surface area contributed by atoms with Crippen LogP contribution in [0.15, 0.2) is 18.2 Å². The molecule has 0 heterocycles. The minimum Gasteiger partial charge on any atom is -0.481 e. The van der Waals surface area contributed by atoms with Gasteiger partial charge in [-0.05, 0) is 43.5 Å². The fraction of sp³-hybridized carbons (Fsp3) is 0.467. The van der Waals surface area contributed by atoms with Crippen molar-refractivity contribution < 1.29 is 14.7 Å². The molecule has 2 atom stereocenters. The van der Waals surface area contributed by atoms with Crippen LogP contribution in [0.1, 0.15) is 31.2 Å². The van der Waals surface area contributed by atoms with Crippen LogP contribution in [0.4, 0.5) is 5.69 Å². The molecule has 1 fully saturated rings. The average molecular weight is 296 g/mol. The summed E-state index contributed by atoms with van der Waals surface area (Å²) in [6.07, 6.45) is 2.99. The van der Waals surface area contributed by atoms with Crippen LogP contribution in [0.3, 0.4) is 0 Å². The lowest BCUT2D eigenvalue weighted by Gasteiger charge is -2.27. The van der Waals surface area contributed by atoms with Gasteiger partial charge in [-0.2, -0.15) is 0 Å². The molecule has 0 bridgehead atoms. The predicted molar refractivity (Wildman–Crippen MR) is 77.9 cm³/mol.